The van der Waals surface area contributed by atoms with Gasteiger partial charge in [-0.25, -0.2) is 0 Å². The smallest absolute Gasteiger partial charge is 0.136 e. The molecule has 1 saturated carbocycles. The molecule has 0 bridgehead atoms. The highest BCUT2D eigenvalue weighted by molar-refractivity contribution is 9.10. The lowest BCUT2D eigenvalue weighted by atomic mass is 9.96. The Kier molecular flexibility index (Phi) is 4.48. The number of halogens is 1. The van der Waals surface area contributed by atoms with Crippen molar-refractivity contribution >= 4 is 21.6 Å². The van der Waals surface area contributed by atoms with E-state index in [2.05, 4.69) is 31.9 Å². The van der Waals surface area contributed by atoms with Crippen molar-refractivity contribution in [1.29, 1.82) is 0 Å². The van der Waals surface area contributed by atoms with E-state index in [1.54, 1.807) is 0 Å². The van der Waals surface area contributed by atoms with Gasteiger partial charge in [0, 0.05) is 11.9 Å². The van der Waals surface area contributed by atoms with Gasteiger partial charge in [0.15, 0.2) is 0 Å². The van der Waals surface area contributed by atoms with Crippen molar-refractivity contribution in [1.82, 2.24) is 9.78 Å². The van der Waals surface area contributed by atoms with Crippen LogP contribution in [-0.4, -0.2) is 9.78 Å². The van der Waals surface area contributed by atoms with Gasteiger partial charge in [0.1, 0.15) is 12.4 Å². The van der Waals surface area contributed by atoms with Crippen molar-refractivity contribution in [3.63, 3.8) is 0 Å². The predicted octanol–water partition coefficient (Wildman–Crippen LogP) is 4.31. The van der Waals surface area contributed by atoms with E-state index in [0.29, 0.717) is 18.3 Å². The number of anilines is 1. The van der Waals surface area contributed by atoms with Crippen LogP contribution in [0.25, 0.3) is 0 Å². The van der Waals surface area contributed by atoms with E-state index in [0.717, 1.165) is 15.9 Å². The van der Waals surface area contributed by atoms with Crippen LogP contribution in [0.2, 0.25) is 0 Å². The second-order valence-corrected chi connectivity index (χ2v) is 6.32. The molecular weight excluding hydrogens is 330 g/mol. The largest absolute Gasteiger partial charge is 0.486 e. The van der Waals surface area contributed by atoms with Gasteiger partial charge >= 0.3 is 0 Å². The second kappa shape index (κ2) is 6.52. The monoisotopic (exact) mass is 349 g/mol. The van der Waals surface area contributed by atoms with E-state index in [1.165, 1.54) is 32.1 Å². The molecule has 1 aliphatic rings. The molecule has 112 valence electrons. The number of hydrogen-bond donors (Lipinski definition) is 1. The first kappa shape index (κ1) is 14.4. The Bertz CT molecular complexity index is 605. The molecule has 1 aromatic carbocycles. The third-order valence-corrected chi connectivity index (χ3v) is 4.83. The summed E-state index contributed by atoms with van der Waals surface area (Å²) in [5.74, 6) is 0.752. The maximum atomic E-state index is 5.84. The van der Waals surface area contributed by atoms with Crippen LogP contribution in [0.4, 0.5) is 5.69 Å². The van der Waals surface area contributed by atoms with Gasteiger partial charge in [-0.05, 0) is 47.0 Å². The number of ether oxygens (including phenoxy) is 1. The van der Waals surface area contributed by atoms with Crippen LogP contribution in [0, 0.1) is 0 Å². The molecule has 5 heteroatoms. The van der Waals surface area contributed by atoms with Gasteiger partial charge in [0.25, 0.3) is 0 Å². The van der Waals surface area contributed by atoms with Crippen molar-refractivity contribution in [3.8, 4) is 5.75 Å². The first-order chi connectivity index (χ1) is 10.2. The molecule has 3 rings (SSSR count). The lowest BCUT2D eigenvalue weighted by Crippen LogP contribution is -2.13. The summed E-state index contributed by atoms with van der Waals surface area (Å²) in [7, 11) is 0. The number of nitrogens with two attached hydrogens (primary N) is 1. The van der Waals surface area contributed by atoms with Crippen molar-refractivity contribution in [2.24, 2.45) is 0 Å². The molecule has 2 N–H and O–H groups in total. The van der Waals surface area contributed by atoms with E-state index in [4.69, 9.17) is 10.5 Å². The molecule has 21 heavy (non-hydrogen) atoms. The summed E-state index contributed by atoms with van der Waals surface area (Å²) in [4.78, 5) is 0. The fourth-order valence-electron chi connectivity index (χ4n) is 2.79. The van der Waals surface area contributed by atoms with Crippen LogP contribution in [0.5, 0.6) is 5.75 Å². The van der Waals surface area contributed by atoms with E-state index < -0.39 is 0 Å². The zero-order chi connectivity index (χ0) is 14.7. The average Bonchev–Trinajstić information content (AvgIpc) is 2.99. The minimum atomic E-state index is 0.460. The van der Waals surface area contributed by atoms with Gasteiger partial charge in [0.2, 0.25) is 0 Å². The fourth-order valence-corrected chi connectivity index (χ4v) is 3.17. The summed E-state index contributed by atoms with van der Waals surface area (Å²) in [6.45, 7) is 0.460. The minimum absolute atomic E-state index is 0.460. The highest BCUT2D eigenvalue weighted by Crippen LogP contribution is 2.31. The lowest BCUT2D eigenvalue weighted by molar-refractivity contribution is 0.289. The van der Waals surface area contributed by atoms with Crippen LogP contribution in [0.3, 0.4) is 0 Å². The fraction of sp³-hybridized carbons (Fsp3) is 0.438. The Labute approximate surface area is 133 Å². The number of hydrogen-bond acceptors (Lipinski definition) is 3. The lowest BCUT2D eigenvalue weighted by Gasteiger charge is -2.21. The maximum Gasteiger partial charge on any atom is 0.136 e. The maximum absolute atomic E-state index is 5.84. The molecule has 0 saturated heterocycles. The Balaban J connectivity index is 1.63. The van der Waals surface area contributed by atoms with Gasteiger partial charge in [0.05, 0.1) is 16.2 Å². The molecule has 0 unspecified atom stereocenters. The van der Waals surface area contributed by atoms with Crippen LogP contribution in [0.15, 0.2) is 34.9 Å². The Morgan fingerprint density at radius 1 is 1.24 bits per heavy atom. The van der Waals surface area contributed by atoms with Gasteiger partial charge in [-0.1, -0.05) is 25.3 Å². The summed E-state index contributed by atoms with van der Waals surface area (Å²) in [5, 5.41) is 4.65. The topological polar surface area (TPSA) is 53.1 Å². The van der Waals surface area contributed by atoms with Crippen molar-refractivity contribution in [2.75, 3.05) is 5.73 Å². The molecule has 0 atom stereocenters. The average molecular weight is 350 g/mol. The summed E-state index contributed by atoms with van der Waals surface area (Å²) in [5.41, 5.74) is 7.48. The first-order valence-electron chi connectivity index (χ1n) is 7.45. The molecule has 4 nitrogen and oxygen atoms in total. The summed E-state index contributed by atoms with van der Waals surface area (Å²) >= 11 is 3.45. The van der Waals surface area contributed by atoms with Crippen LogP contribution in [0.1, 0.15) is 43.8 Å². The van der Waals surface area contributed by atoms with Crippen LogP contribution >= 0.6 is 15.9 Å². The highest BCUT2D eigenvalue weighted by atomic mass is 79.9. The van der Waals surface area contributed by atoms with E-state index >= 15 is 0 Å². The van der Waals surface area contributed by atoms with Crippen molar-refractivity contribution < 1.29 is 4.74 Å². The number of benzene rings is 1. The Morgan fingerprint density at radius 3 is 2.86 bits per heavy atom. The third kappa shape index (κ3) is 3.40. The molecule has 0 aliphatic heterocycles. The van der Waals surface area contributed by atoms with Gasteiger partial charge in [-0.2, -0.15) is 5.10 Å². The minimum Gasteiger partial charge on any atom is -0.486 e. The molecule has 1 aromatic heterocycles. The zero-order valence-corrected chi connectivity index (χ0v) is 13.6. The summed E-state index contributed by atoms with van der Waals surface area (Å²) in [6.07, 6.45) is 8.53. The number of nitrogen functional groups attached to an aromatic ring is 1. The molecular formula is C16H20BrN3O. The molecule has 1 aliphatic carbocycles. The van der Waals surface area contributed by atoms with Crippen LogP contribution < -0.4 is 10.5 Å². The molecule has 0 spiro atoms. The molecule has 1 fully saturated rings. The molecule has 2 aromatic rings. The van der Waals surface area contributed by atoms with Crippen LogP contribution in [-0.2, 0) is 6.61 Å². The number of rotatable bonds is 4. The predicted molar refractivity (Wildman–Crippen MR) is 87.2 cm³/mol. The normalized spacial score (nSPS) is 16.0. The Hall–Kier alpha value is -1.49. The molecule has 0 radical (unpaired) electrons. The number of nitrogens with zero attached hydrogens (tertiary/aromatic N) is 2. The molecule has 1 heterocycles. The van der Waals surface area contributed by atoms with Gasteiger partial charge < -0.3 is 10.5 Å². The van der Waals surface area contributed by atoms with Crippen molar-refractivity contribution in [2.45, 2.75) is 44.8 Å². The van der Waals surface area contributed by atoms with Gasteiger partial charge in [-0.3, -0.25) is 4.68 Å². The standard InChI is InChI=1S/C16H20BrN3O/c17-16-14(18)7-4-8-15(16)21-11-12-9-10-20(19-12)13-5-2-1-3-6-13/h4,7-10,13H,1-3,5-6,11,18H2. The number of aromatic nitrogens is 2. The first-order valence-corrected chi connectivity index (χ1v) is 8.24. The summed E-state index contributed by atoms with van der Waals surface area (Å²) in [6, 6.07) is 8.23. The van der Waals surface area contributed by atoms with E-state index in [-0.39, 0.29) is 0 Å². The highest BCUT2D eigenvalue weighted by Gasteiger charge is 2.16. The van der Waals surface area contributed by atoms with Crippen molar-refractivity contribution in [3.05, 3.63) is 40.6 Å². The second-order valence-electron chi connectivity index (χ2n) is 5.53. The third-order valence-electron chi connectivity index (χ3n) is 3.98. The van der Waals surface area contributed by atoms with E-state index in [9.17, 15) is 0 Å². The zero-order valence-electron chi connectivity index (χ0n) is 12.0. The van der Waals surface area contributed by atoms with E-state index in [1.807, 2.05) is 24.3 Å². The Morgan fingerprint density at radius 2 is 2.05 bits per heavy atom. The molecule has 0 amide bonds. The quantitative estimate of drug-likeness (QED) is 0.836. The SMILES string of the molecule is Nc1cccc(OCc2ccn(C3CCCCC3)n2)c1Br. The van der Waals surface area contributed by atoms with Gasteiger partial charge in [-0.15, -0.1) is 0 Å². The summed E-state index contributed by atoms with van der Waals surface area (Å²) < 4.78 is 8.71.